The Morgan fingerprint density at radius 1 is 0.950 bits per heavy atom. The Bertz CT molecular complexity index is 1400. The number of ether oxygens (including phenoxy) is 2. The Morgan fingerprint density at radius 3 is 2.20 bits per heavy atom. The SMILES string of the molecule is CCNC(=O)[C@H](Cc1ccccc1)N(Cc1ccc(Br)cc1)C(=O)CN(c1ccc(OC)cc1OC)S(C)(=O)=O. The molecule has 0 aliphatic carbocycles. The topological polar surface area (TPSA) is 105 Å². The molecule has 0 aliphatic rings. The molecular weight excluding hydrogens is 598 g/mol. The summed E-state index contributed by atoms with van der Waals surface area (Å²) in [5.41, 5.74) is 1.83. The van der Waals surface area contributed by atoms with Gasteiger partial charge >= 0.3 is 0 Å². The van der Waals surface area contributed by atoms with E-state index in [4.69, 9.17) is 9.47 Å². The lowest BCUT2D eigenvalue weighted by molar-refractivity contribution is -0.140. The minimum atomic E-state index is -3.93. The predicted octanol–water partition coefficient (Wildman–Crippen LogP) is 4.01. The summed E-state index contributed by atoms with van der Waals surface area (Å²) in [5.74, 6) is -0.179. The van der Waals surface area contributed by atoms with Crippen LogP contribution in [0.2, 0.25) is 0 Å². The second-order valence-electron chi connectivity index (χ2n) is 9.06. The van der Waals surface area contributed by atoms with E-state index in [1.807, 2.05) is 54.6 Å². The summed E-state index contributed by atoms with van der Waals surface area (Å²) in [5, 5.41) is 2.84. The van der Waals surface area contributed by atoms with Crippen molar-refractivity contribution in [3.05, 3.63) is 88.4 Å². The lowest BCUT2D eigenvalue weighted by atomic mass is 10.0. The maximum absolute atomic E-state index is 14.1. The van der Waals surface area contributed by atoms with Gasteiger partial charge in [-0.1, -0.05) is 58.4 Å². The van der Waals surface area contributed by atoms with Gasteiger partial charge in [0.1, 0.15) is 24.1 Å². The largest absolute Gasteiger partial charge is 0.497 e. The minimum absolute atomic E-state index is 0.0953. The smallest absolute Gasteiger partial charge is 0.244 e. The molecule has 0 radical (unpaired) electrons. The highest BCUT2D eigenvalue weighted by atomic mass is 79.9. The normalized spacial score (nSPS) is 11.8. The molecule has 1 N–H and O–H groups in total. The Labute approximate surface area is 244 Å². The van der Waals surface area contributed by atoms with Crippen LogP contribution in [0.5, 0.6) is 11.5 Å². The molecule has 0 aromatic heterocycles. The maximum Gasteiger partial charge on any atom is 0.244 e. The fourth-order valence-corrected chi connectivity index (χ4v) is 5.34. The van der Waals surface area contributed by atoms with Gasteiger partial charge < -0.3 is 19.7 Å². The minimum Gasteiger partial charge on any atom is -0.497 e. The summed E-state index contributed by atoms with van der Waals surface area (Å²) in [6, 6.07) is 20.6. The number of hydrogen-bond acceptors (Lipinski definition) is 6. The van der Waals surface area contributed by atoms with E-state index in [2.05, 4.69) is 21.2 Å². The van der Waals surface area contributed by atoms with E-state index in [-0.39, 0.29) is 30.3 Å². The molecule has 40 heavy (non-hydrogen) atoms. The quantitative estimate of drug-likeness (QED) is 0.306. The van der Waals surface area contributed by atoms with Crippen molar-refractivity contribution in [1.29, 1.82) is 0 Å². The van der Waals surface area contributed by atoms with Crippen molar-refractivity contribution in [1.82, 2.24) is 10.2 Å². The zero-order valence-corrected chi connectivity index (χ0v) is 25.4. The fourth-order valence-electron chi connectivity index (χ4n) is 4.22. The Morgan fingerprint density at radius 2 is 1.62 bits per heavy atom. The van der Waals surface area contributed by atoms with Gasteiger partial charge in [-0.25, -0.2) is 8.42 Å². The molecular formula is C29H34BrN3O6S. The van der Waals surface area contributed by atoms with Gasteiger partial charge in [0.05, 0.1) is 26.2 Å². The number of benzene rings is 3. The molecule has 0 heterocycles. The number of amides is 2. The molecule has 0 aliphatic heterocycles. The summed E-state index contributed by atoms with van der Waals surface area (Å²) in [4.78, 5) is 28.9. The maximum atomic E-state index is 14.1. The number of rotatable bonds is 13. The van der Waals surface area contributed by atoms with Crippen molar-refractivity contribution < 1.29 is 27.5 Å². The number of hydrogen-bond donors (Lipinski definition) is 1. The van der Waals surface area contributed by atoms with E-state index in [0.29, 0.717) is 12.3 Å². The van der Waals surface area contributed by atoms with E-state index in [9.17, 15) is 18.0 Å². The highest BCUT2D eigenvalue weighted by Crippen LogP contribution is 2.34. The monoisotopic (exact) mass is 631 g/mol. The van der Waals surface area contributed by atoms with Gasteiger partial charge in [-0.2, -0.15) is 0 Å². The molecule has 0 saturated carbocycles. The van der Waals surface area contributed by atoms with Crippen LogP contribution in [0.3, 0.4) is 0 Å². The van der Waals surface area contributed by atoms with Crippen molar-refractivity contribution in [3.63, 3.8) is 0 Å². The first-order valence-corrected chi connectivity index (χ1v) is 15.3. The average molecular weight is 633 g/mol. The van der Waals surface area contributed by atoms with Crippen molar-refractivity contribution in [3.8, 4) is 11.5 Å². The van der Waals surface area contributed by atoms with Gasteiger partial charge in [-0.15, -0.1) is 0 Å². The molecule has 3 aromatic carbocycles. The van der Waals surface area contributed by atoms with Gasteiger partial charge in [0.2, 0.25) is 21.8 Å². The number of carbonyl (C=O) groups is 2. The van der Waals surface area contributed by atoms with Crippen molar-refractivity contribution in [2.24, 2.45) is 0 Å². The standard InChI is InChI=1S/C29H34BrN3O6S/c1-5-31-29(35)26(17-21-9-7-6-8-10-21)32(19-22-11-13-23(30)14-12-22)28(34)20-33(40(4,36)37)25-16-15-24(38-2)18-27(25)39-3/h6-16,18,26H,5,17,19-20H2,1-4H3,(H,31,35)/t26-/m0/s1. The molecule has 214 valence electrons. The second-order valence-corrected chi connectivity index (χ2v) is 11.9. The molecule has 1 atom stereocenters. The lowest BCUT2D eigenvalue weighted by Gasteiger charge is -2.33. The van der Waals surface area contributed by atoms with Gasteiger partial charge in [0.15, 0.2) is 0 Å². The van der Waals surface area contributed by atoms with E-state index < -0.39 is 28.5 Å². The van der Waals surface area contributed by atoms with E-state index in [0.717, 1.165) is 26.2 Å². The summed E-state index contributed by atoms with van der Waals surface area (Å²) in [7, 11) is -1.04. The van der Waals surface area contributed by atoms with Gasteiger partial charge in [-0.3, -0.25) is 13.9 Å². The number of carbonyl (C=O) groups excluding carboxylic acids is 2. The van der Waals surface area contributed by atoms with Crippen LogP contribution >= 0.6 is 15.9 Å². The number of anilines is 1. The molecule has 2 amide bonds. The predicted molar refractivity (Wildman–Crippen MR) is 159 cm³/mol. The highest BCUT2D eigenvalue weighted by Gasteiger charge is 2.33. The lowest BCUT2D eigenvalue weighted by Crippen LogP contribution is -2.53. The second kappa shape index (κ2) is 14.2. The first-order valence-electron chi connectivity index (χ1n) is 12.6. The zero-order chi connectivity index (χ0) is 29.3. The molecule has 0 bridgehead atoms. The molecule has 0 fully saturated rings. The van der Waals surface area contributed by atoms with Gasteiger partial charge in [0.25, 0.3) is 0 Å². The Kier molecular flexibility index (Phi) is 11.0. The van der Waals surface area contributed by atoms with Crippen LogP contribution in [0.15, 0.2) is 77.3 Å². The molecule has 0 unspecified atom stereocenters. The van der Waals surface area contributed by atoms with Crippen molar-refractivity contribution >= 4 is 43.5 Å². The van der Waals surface area contributed by atoms with Gasteiger partial charge in [0, 0.05) is 30.0 Å². The van der Waals surface area contributed by atoms with E-state index in [1.54, 1.807) is 19.1 Å². The van der Waals surface area contributed by atoms with Crippen LogP contribution in [-0.4, -0.2) is 64.7 Å². The molecule has 3 rings (SSSR count). The van der Waals surface area contributed by atoms with Crippen molar-refractivity contribution in [2.45, 2.75) is 25.9 Å². The molecule has 11 heteroatoms. The Hall–Kier alpha value is -3.57. The summed E-state index contributed by atoms with van der Waals surface area (Å²) in [6.07, 6.45) is 1.27. The number of halogens is 1. The van der Waals surface area contributed by atoms with E-state index in [1.165, 1.54) is 25.2 Å². The highest BCUT2D eigenvalue weighted by molar-refractivity contribution is 9.10. The van der Waals surface area contributed by atoms with Crippen LogP contribution in [0.1, 0.15) is 18.1 Å². The Balaban J connectivity index is 2.07. The number of nitrogens with one attached hydrogen (secondary N) is 1. The number of nitrogens with zero attached hydrogens (tertiary/aromatic N) is 2. The van der Waals surface area contributed by atoms with Crippen LogP contribution in [-0.2, 0) is 32.6 Å². The van der Waals surface area contributed by atoms with Gasteiger partial charge in [-0.05, 0) is 42.3 Å². The summed E-state index contributed by atoms with van der Waals surface area (Å²) < 4.78 is 38.5. The zero-order valence-electron chi connectivity index (χ0n) is 23.0. The fraction of sp³-hybridized carbons (Fsp3) is 0.310. The van der Waals surface area contributed by atoms with Crippen LogP contribution in [0.4, 0.5) is 5.69 Å². The van der Waals surface area contributed by atoms with Crippen LogP contribution in [0.25, 0.3) is 0 Å². The van der Waals surface area contributed by atoms with Crippen LogP contribution in [0, 0.1) is 0 Å². The first-order chi connectivity index (χ1) is 19.1. The summed E-state index contributed by atoms with van der Waals surface area (Å²) >= 11 is 3.42. The number of likely N-dealkylation sites (N-methyl/N-ethyl adjacent to an activating group) is 1. The van der Waals surface area contributed by atoms with Crippen molar-refractivity contribution in [2.75, 3.05) is 37.9 Å². The number of methoxy groups -OCH3 is 2. The molecule has 0 saturated heterocycles. The average Bonchev–Trinajstić information content (AvgIpc) is 2.94. The number of sulfonamides is 1. The molecule has 9 nitrogen and oxygen atoms in total. The molecule has 3 aromatic rings. The van der Waals surface area contributed by atoms with Crippen LogP contribution < -0.4 is 19.1 Å². The summed E-state index contributed by atoms with van der Waals surface area (Å²) in [6.45, 7) is 1.74. The van der Waals surface area contributed by atoms with E-state index >= 15 is 0 Å². The third-order valence-corrected chi connectivity index (χ3v) is 7.88. The molecule has 0 spiro atoms. The first kappa shape index (κ1) is 31.0. The third-order valence-electron chi connectivity index (χ3n) is 6.22. The third kappa shape index (κ3) is 8.22.